The van der Waals surface area contributed by atoms with E-state index in [1.807, 2.05) is 13.8 Å². The van der Waals surface area contributed by atoms with Crippen molar-refractivity contribution < 1.29 is 19.4 Å². The van der Waals surface area contributed by atoms with Gasteiger partial charge in [-0.2, -0.15) is 0 Å². The lowest BCUT2D eigenvalue weighted by Gasteiger charge is -2.32. The minimum absolute atomic E-state index is 0.0182. The molecule has 1 amide bonds. The molecular formula is C11H15N3O4S. The maximum absolute atomic E-state index is 12.4. The number of aliphatic carboxylic acids is 1. The van der Waals surface area contributed by atoms with Crippen LogP contribution < -0.4 is 0 Å². The Morgan fingerprint density at radius 2 is 2.26 bits per heavy atom. The van der Waals surface area contributed by atoms with Crippen LogP contribution in [0.2, 0.25) is 0 Å². The van der Waals surface area contributed by atoms with E-state index in [9.17, 15) is 9.59 Å². The average molecular weight is 285 g/mol. The highest BCUT2D eigenvalue weighted by atomic mass is 32.1. The fourth-order valence-corrected chi connectivity index (χ4v) is 2.68. The van der Waals surface area contributed by atoms with Gasteiger partial charge in [0.15, 0.2) is 6.04 Å². The van der Waals surface area contributed by atoms with E-state index >= 15 is 0 Å². The maximum atomic E-state index is 12.4. The summed E-state index contributed by atoms with van der Waals surface area (Å²) < 4.78 is 8.91. The Labute approximate surface area is 114 Å². The van der Waals surface area contributed by atoms with E-state index in [0.29, 0.717) is 17.2 Å². The molecule has 2 heterocycles. The van der Waals surface area contributed by atoms with Crippen molar-refractivity contribution in [2.75, 3.05) is 19.8 Å². The van der Waals surface area contributed by atoms with Gasteiger partial charge in [-0.3, -0.25) is 4.79 Å². The van der Waals surface area contributed by atoms with Crippen molar-refractivity contribution in [2.45, 2.75) is 25.8 Å². The largest absolute Gasteiger partial charge is 0.480 e. The van der Waals surface area contributed by atoms with Gasteiger partial charge >= 0.3 is 5.97 Å². The van der Waals surface area contributed by atoms with E-state index in [2.05, 4.69) is 9.59 Å². The summed E-state index contributed by atoms with van der Waals surface area (Å²) in [6.07, 6.45) is 0. The molecule has 0 aliphatic carbocycles. The summed E-state index contributed by atoms with van der Waals surface area (Å²) in [6.45, 7) is 4.47. The first-order chi connectivity index (χ1) is 9.02. The predicted molar refractivity (Wildman–Crippen MR) is 67.3 cm³/mol. The molecule has 0 spiro atoms. The highest BCUT2D eigenvalue weighted by Crippen LogP contribution is 2.23. The van der Waals surface area contributed by atoms with Crippen LogP contribution in [0.3, 0.4) is 0 Å². The van der Waals surface area contributed by atoms with Crippen LogP contribution in [0.1, 0.15) is 35.1 Å². The van der Waals surface area contributed by atoms with Gasteiger partial charge in [0.2, 0.25) is 0 Å². The van der Waals surface area contributed by atoms with Crippen LogP contribution in [0.15, 0.2) is 0 Å². The summed E-state index contributed by atoms with van der Waals surface area (Å²) in [6, 6.07) is -0.941. The van der Waals surface area contributed by atoms with Crippen molar-refractivity contribution in [3.63, 3.8) is 0 Å². The van der Waals surface area contributed by atoms with Crippen LogP contribution in [-0.4, -0.2) is 57.3 Å². The normalized spacial score (nSPS) is 19.7. The molecule has 1 saturated heterocycles. The second kappa shape index (κ2) is 5.62. The Morgan fingerprint density at radius 3 is 2.89 bits per heavy atom. The molecule has 1 aromatic heterocycles. The van der Waals surface area contributed by atoms with Crippen LogP contribution in [0.5, 0.6) is 0 Å². The molecule has 2 rings (SSSR count). The molecule has 1 aliphatic heterocycles. The Balaban J connectivity index is 2.26. The first-order valence-electron chi connectivity index (χ1n) is 5.96. The van der Waals surface area contributed by atoms with Crippen molar-refractivity contribution in [1.29, 1.82) is 0 Å². The second-order valence-corrected chi connectivity index (χ2v) is 5.32. The summed E-state index contributed by atoms with van der Waals surface area (Å²) in [5.74, 6) is -1.31. The van der Waals surface area contributed by atoms with Crippen LogP contribution >= 0.6 is 11.5 Å². The summed E-state index contributed by atoms with van der Waals surface area (Å²) in [5, 5.41) is 13.1. The van der Waals surface area contributed by atoms with Crippen LogP contribution in [-0.2, 0) is 9.53 Å². The predicted octanol–water partition coefficient (Wildman–Crippen LogP) is 0.587. The lowest BCUT2D eigenvalue weighted by atomic mass is 10.1. The SMILES string of the molecule is CC(C)c1nnsc1C(=O)N1CCOCC1C(=O)O. The van der Waals surface area contributed by atoms with Crippen molar-refractivity contribution in [3.05, 3.63) is 10.6 Å². The van der Waals surface area contributed by atoms with E-state index in [0.717, 1.165) is 11.5 Å². The van der Waals surface area contributed by atoms with Gasteiger partial charge in [0.1, 0.15) is 4.88 Å². The molecule has 1 unspecified atom stereocenters. The molecule has 0 saturated carbocycles. The lowest BCUT2D eigenvalue weighted by molar-refractivity contribution is -0.147. The van der Waals surface area contributed by atoms with Crippen molar-refractivity contribution in [2.24, 2.45) is 0 Å². The van der Waals surface area contributed by atoms with Crippen LogP contribution in [0, 0.1) is 0 Å². The zero-order valence-corrected chi connectivity index (χ0v) is 11.5. The van der Waals surface area contributed by atoms with Gasteiger partial charge in [0.25, 0.3) is 5.91 Å². The third-order valence-electron chi connectivity index (χ3n) is 2.93. The highest BCUT2D eigenvalue weighted by molar-refractivity contribution is 7.08. The van der Waals surface area contributed by atoms with E-state index in [4.69, 9.17) is 9.84 Å². The lowest BCUT2D eigenvalue weighted by Crippen LogP contribution is -2.52. The number of nitrogens with zero attached hydrogens (tertiary/aromatic N) is 3. The molecule has 1 N–H and O–H groups in total. The number of aromatic nitrogens is 2. The first kappa shape index (κ1) is 13.9. The number of carbonyl (C=O) groups is 2. The van der Waals surface area contributed by atoms with Crippen LogP contribution in [0.25, 0.3) is 0 Å². The number of ether oxygens (including phenoxy) is 1. The zero-order valence-electron chi connectivity index (χ0n) is 10.7. The van der Waals surface area contributed by atoms with Crippen molar-refractivity contribution in [1.82, 2.24) is 14.5 Å². The first-order valence-corrected chi connectivity index (χ1v) is 6.73. The maximum Gasteiger partial charge on any atom is 0.328 e. The topological polar surface area (TPSA) is 92.6 Å². The number of carboxylic acid groups (broad SMARTS) is 1. The summed E-state index contributed by atoms with van der Waals surface area (Å²) in [5.41, 5.74) is 0.616. The van der Waals surface area contributed by atoms with Gasteiger partial charge in [-0.25, -0.2) is 4.79 Å². The molecule has 0 aromatic carbocycles. The summed E-state index contributed by atoms with van der Waals surface area (Å²) in [7, 11) is 0. The van der Waals surface area contributed by atoms with Crippen molar-refractivity contribution >= 4 is 23.4 Å². The quantitative estimate of drug-likeness (QED) is 0.873. The molecule has 104 valence electrons. The Kier molecular flexibility index (Phi) is 4.11. The third kappa shape index (κ3) is 2.74. The van der Waals surface area contributed by atoms with Crippen molar-refractivity contribution in [3.8, 4) is 0 Å². The fourth-order valence-electron chi connectivity index (χ4n) is 1.91. The second-order valence-electron chi connectivity index (χ2n) is 4.57. The average Bonchev–Trinajstić information content (AvgIpc) is 2.87. The van der Waals surface area contributed by atoms with Gasteiger partial charge in [0, 0.05) is 6.54 Å². The number of rotatable bonds is 3. The van der Waals surface area contributed by atoms with E-state index in [-0.39, 0.29) is 25.0 Å². The number of carbonyl (C=O) groups excluding carboxylic acids is 1. The molecule has 19 heavy (non-hydrogen) atoms. The smallest absolute Gasteiger partial charge is 0.328 e. The molecule has 1 aromatic rings. The minimum atomic E-state index is -1.06. The number of hydrogen-bond donors (Lipinski definition) is 1. The molecule has 1 fully saturated rings. The Hall–Kier alpha value is -1.54. The van der Waals surface area contributed by atoms with Gasteiger partial charge in [-0.15, -0.1) is 5.10 Å². The molecule has 7 nitrogen and oxygen atoms in total. The van der Waals surface area contributed by atoms with Gasteiger partial charge < -0.3 is 14.7 Å². The van der Waals surface area contributed by atoms with Gasteiger partial charge in [-0.1, -0.05) is 18.3 Å². The number of carboxylic acids is 1. The molecule has 0 bridgehead atoms. The summed E-state index contributed by atoms with van der Waals surface area (Å²) >= 11 is 1.01. The van der Waals surface area contributed by atoms with Crippen LogP contribution in [0.4, 0.5) is 0 Å². The zero-order chi connectivity index (χ0) is 14.0. The minimum Gasteiger partial charge on any atom is -0.480 e. The van der Waals surface area contributed by atoms with E-state index < -0.39 is 12.0 Å². The fraction of sp³-hybridized carbons (Fsp3) is 0.636. The molecule has 1 aliphatic rings. The molecule has 8 heteroatoms. The standard InChI is InChI=1S/C11H15N3O4S/c1-6(2)8-9(19-13-12-8)10(15)14-3-4-18-5-7(14)11(16)17/h6-7H,3-5H2,1-2H3,(H,16,17). The Morgan fingerprint density at radius 1 is 1.53 bits per heavy atom. The number of morpholine rings is 1. The number of hydrogen-bond acceptors (Lipinski definition) is 6. The highest BCUT2D eigenvalue weighted by Gasteiger charge is 2.35. The van der Waals surface area contributed by atoms with Gasteiger partial charge in [0.05, 0.1) is 18.9 Å². The molecule has 1 atom stereocenters. The van der Waals surface area contributed by atoms with Gasteiger partial charge in [-0.05, 0) is 17.5 Å². The molecular weight excluding hydrogens is 270 g/mol. The summed E-state index contributed by atoms with van der Waals surface area (Å²) in [4.78, 5) is 25.3. The third-order valence-corrected chi connectivity index (χ3v) is 3.66. The number of amides is 1. The monoisotopic (exact) mass is 285 g/mol. The van der Waals surface area contributed by atoms with E-state index in [1.54, 1.807) is 0 Å². The Bertz CT molecular complexity index is 488. The molecule has 0 radical (unpaired) electrons. The van der Waals surface area contributed by atoms with E-state index in [1.165, 1.54) is 4.90 Å².